The van der Waals surface area contributed by atoms with Gasteiger partial charge in [-0.2, -0.15) is 5.10 Å². The van der Waals surface area contributed by atoms with E-state index in [9.17, 15) is 4.79 Å². The molecule has 7 heteroatoms. The first kappa shape index (κ1) is 17.6. The summed E-state index contributed by atoms with van der Waals surface area (Å²) in [6.45, 7) is 6.22. The molecule has 1 N–H and O–H groups in total. The summed E-state index contributed by atoms with van der Waals surface area (Å²) in [5.74, 6) is -0.0466. The maximum atomic E-state index is 12.4. The SMILES string of the molecule is Cc1nn(C)c(C)c1NC(=O)CN(C)[C@@H](C)c1nc2ccccc2s1. The molecule has 0 aliphatic carbocycles. The number of hydrogen-bond acceptors (Lipinski definition) is 5. The number of para-hydroxylation sites is 1. The Morgan fingerprint density at radius 3 is 2.72 bits per heavy atom. The Labute approximate surface area is 151 Å². The smallest absolute Gasteiger partial charge is 0.238 e. The molecule has 0 radical (unpaired) electrons. The Morgan fingerprint density at radius 2 is 2.08 bits per heavy atom. The topological polar surface area (TPSA) is 63.1 Å². The van der Waals surface area contributed by atoms with Crippen molar-refractivity contribution in [1.29, 1.82) is 0 Å². The van der Waals surface area contributed by atoms with E-state index in [-0.39, 0.29) is 11.9 Å². The summed E-state index contributed by atoms with van der Waals surface area (Å²) < 4.78 is 2.95. The van der Waals surface area contributed by atoms with Crippen LogP contribution in [0.3, 0.4) is 0 Å². The fourth-order valence-electron chi connectivity index (χ4n) is 2.75. The van der Waals surface area contributed by atoms with Crippen molar-refractivity contribution in [2.75, 3.05) is 18.9 Å². The number of fused-ring (bicyclic) bond motifs is 1. The van der Waals surface area contributed by atoms with Gasteiger partial charge in [0.15, 0.2) is 0 Å². The number of nitrogens with one attached hydrogen (secondary N) is 1. The normalized spacial score (nSPS) is 12.7. The number of likely N-dealkylation sites (N-methyl/N-ethyl adjacent to an activating group) is 1. The van der Waals surface area contributed by atoms with Gasteiger partial charge < -0.3 is 5.32 Å². The lowest BCUT2D eigenvalue weighted by Gasteiger charge is -2.22. The molecule has 0 unspecified atom stereocenters. The lowest BCUT2D eigenvalue weighted by Crippen LogP contribution is -2.32. The van der Waals surface area contributed by atoms with Crippen LogP contribution in [0.5, 0.6) is 0 Å². The van der Waals surface area contributed by atoms with E-state index in [0.717, 1.165) is 27.6 Å². The van der Waals surface area contributed by atoms with Crippen LogP contribution in [0.2, 0.25) is 0 Å². The van der Waals surface area contributed by atoms with Crippen molar-refractivity contribution in [3.8, 4) is 0 Å². The van der Waals surface area contributed by atoms with Gasteiger partial charge in [-0.05, 0) is 40.0 Å². The molecule has 0 aliphatic rings. The summed E-state index contributed by atoms with van der Waals surface area (Å²) >= 11 is 1.68. The fourth-order valence-corrected chi connectivity index (χ4v) is 3.84. The maximum Gasteiger partial charge on any atom is 0.238 e. The molecule has 25 heavy (non-hydrogen) atoms. The summed E-state index contributed by atoms with van der Waals surface area (Å²) in [7, 11) is 3.82. The molecule has 0 saturated carbocycles. The van der Waals surface area contributed by atoms with Crippen molar-refractivity contribution in [1.82, 2.24) is 19.7 Å². The van der Waals surface area contributed by atoms with Gasteiger partial charge >= 0.3 is 0 Å². The van der Waals surface area contributed by atoms with E-state index in [1.807, 2.05) is 51.0 Å². The van der Waals surface area contributed by atoms with Crippen LogP contribution in [0, 0.1) is 13.8 Å². The number of nitrogens with zero attached hydrogens (tertiary/aromatic N) is 4. The number of aryl methyl sites for hydroxylation is 2. The second kappa shape index (κ2) is 6.93. The van der Waals surface area contributed by atoms with Crippen molar-refractivity contribution in [3.05, 3.63) is 40.7 Å². The van der Waals surface area contributed by atoms with Gasteiger partial charge in [-0.1, -0.05) is 12.1 Å². The van der Waals surface area contributed by atoms with E-state index in [4.69, 9.17) is 0 Å². The molecule has 2 aromatic heterocycles. The molecule has 3 rings (SSSR count). The average Bonchev–Trinajstić information content (AvgIpc) is 3.10. The molecule has 0 bridgehead atoms. The van der Waals surface area contributed by atoms with E-state index in [1.54, 1.807) is 16.0 Å². The van der Waals surface area contributed by atoms with Crippen molar-refractivity contribution >= 4 is 33.1 Å². The summed E-state index contributed by atoms with van der Waals surface area (Å²) in [6.07, 6.45) is 0. The molecule has 0 aliphatic heterocycles. The molecule has 2 heterocycles. The Morgan fingerprint density at radius 1 is 1.36 bits per heavy atom. The lowest BCUT2D eigenvalue weighted by molar-refractivity contribution is -0.117. The van der Waals surface area contributed by atoms with E-state index in [0.29, 0.717) is 6.54 Å². The zero-order valence-electron chi connectivity index (χ0n) is 15.2. The second-order valence-corrected chi connectivity index (χ2v) is 7.39. The number of carbonyl (C=O) groups excluding carboxylic acids is 1. The second-order valence-electron chi connectivity index (χ2n) is 6.33. The quantitative estimate of drug-likeness (QED) is 0.761. The minimum Gasteiger partial charge on any atom is -0.322 e. The highest BCUT2D eigenvalue weighted by Crippen LogP contribution is 2.28. The average molecular weight is 357 g/mol. The first-order valence-corrected chi connectivity index (χ1v) is 9.04. The van der Waals surface area contributed by atoms with Crippen molar-refractivity contribution in [2.24, 2.45) is 7.05 Å². The van der Waals surface area contributed by atoms with Crippen molar-refractivity contribution in [3.63, 3.8) is 0 Å². The Hall–Kier alpha value is -2.25. The van der Waals surface area contributed by atoms with Gasteiger partial charge in [0.1, 0.15) is 5.01 Å². The molecule has 0 fully saturated rings. The molecule has 1 amide bonds. The highest BCUT2D eigenvalue weighted by molar-refractivity contribution is 7.18. The third-order valence-corrected chi connectivity index (χ3v) is 5.70. The number of anilines is 1. The molecule has 3 aromatic rings. The molecular weight excluding hydrogens is 334 g/mol. The van der Waals surface area contributed by atoms with Crippen LogP contribution in [-0.2, 0) is 11.8 Å². The summed E-state index contributed by atoms with van der Waals surface area (Å²) in [5, 5.41) is 8.33. The van der Waals surface area contributed by atoms with Crippen LogP contribution in [0.1, 0.15) is 29.4 Å². The number of hydrogen-bond donors (Lipinski definition) is 1. The maximum absolute atomic E-state index is 12.4. The Kier molecular flexibility index (Phi) is 4.87. The predicted molar refractivity (Wildman–Crippen MR) is 102 cm³/mol. The minimum absolute atomic E-state index is 0.0466. The molecule has 1 atom stereocenters. The predicted octanol–water partition coefficient (Wildman–Crippen LogP) is 3.28. The van der Waals surface area contributed by atoms with E-state index in [2.05, 4.69) is 28.4 Å². The van der Waals surface area contributed by atoms with Crippen molar-refractivity contribution in [2.45, 2.75) is 26.8 Å². The number of thiazole rings is 1. The first-order chi connectivity index (χ1) is 11.9. The molecular formula is C18H23N5OS. The zero-order chi connectivity index (χ0) is 18.1. The summed E-state index contributed by atoms with van der Waals surface area (Å²) in [4.78, 5) is 19.1. The van der Waals surface area contributed by atoms with Gasteiger partial charge in [-0.3, -0.25) is 14.4 Å². The molecule has 0 saturated heterocycles. The van der Waals surface area contributed by atoms with Gasteiger partial charge in [-0.15, -0.1) is 11.3 Å². The Bertz CT molecular complexity index is 880. The Balaban J connectivity index is 1.68. The lowest BCUT2D eigenvalue weighted by atomic mass is 10.3. The van der Waals surface area contributed by atoms with E-state index >= 15 is 0 Å². The fraction of sp³-hybridized carbons (Fsp3) is 0.389. The summed E-state index contributed by atoms with van der Waals surface area (Å²) in [5.41, 5.74) is 3.59. The van der Waals surface area contributed by atoms with Gasteiger partial charge in [-0.25, -0.2) is 4.98 Å². The van der Waals surface area contributed by atoms with Crippen LogP contribution >= 0.6 is 11.3 Å². The van der Waals surface area contributed by atoms with E-state index < -0.39 is 0 Å². The number of benzene rings is 1. The van der Waals surface area contributed by atoms with Crippen LogP contribution in [0.25, 0.3) is 10.2 Å². The molecule has 0 spiro atoms. The van der Waals surface area contributed by atoms with Crippen LogP contribution in [0.15, 0.2) is 24.3 Å². The number of amides is 1. The number of carbonyl (C=O) groups is 1. The first-order valence-electron chi connectivity index (χ1n) is 8.22. The monoisotopic (exact) mass is 357 g/mol. The number of aromatic nitrogens is 3. The minimum atomic E-state index is -0.0466. The largest absolute Gasteiger partial charge is 0.322 e. The van der Waals surface area contributed by atoms with E-state index in [1.165, 1.54) is 4.70 Å². The third-order valence-electron chi connectivity index (χ3n) is 4.50. The van der Waals surface area contributed by atoms with Gasteiger partial charge in [0, 0.05) is 7.05 Å². The molecule has 132 valence electrons. The highest BCUT2D eigenvalue weighted by atomic mass is 32.1. The van der Waals surface area contributed by atoms with Gasteiger partial charge in [0.25, 0.3) is 0 Å². The van der Waals surface area contributed by atoms with Gasteiger partial charge in [0.2, 0.25) is 5.91 Å². The summed E-state index contributed by atoms with van der Waals surface area (Å²) in [6, 6.07) is 8.17. The standard InChI is InChI=1S/C18H23N5OS/c1-11-17(12(2)23(5)21-11)20-16(24)10-22(4)13(3)18-19-14-8-6-7-9-15(14)25-18/h6-9,13H,10H2,1-5H3,(H,20,24)/t13-/m0/s1. The third kappa shape index (κ3) is 3.57. The molecule has 1 aromatic carbocycles. The zero-order valence-corrected chi connectivity index (χ0v) is 16.0. The molecule has 6 nitrogen and oxygen atoms in total. The number of rotatable bonds is 5. The van der Waals surface area contributed by atoms with Gasteiger partial charge in [0.05, 0.1) is 39.9 Å². The van der Waals surface area contributed by atoms with Crippen LogP contribution in [0.4, 0.5) is 5.69 Å². The van der Waals surface area contributed by atoms with Crippen LogP contribution in [-0.4, -0.2) is 39.2 Å². The van der Waals surface area contributed by atoms with Crippen molar-refractivity contribution < 1.29 is 4.79 Å². The highest BCUT2D eigenvalue weighted by Gasteiger charge is 2.20. The van der Waals surface area contributed by atoms with Crippen LogP contribution < -0.4 is 5.32 Å².